The highest BCUT2D eigenvalue weighted by molar-refractivity contribution is 7.90. The monoisotopic (exact) mass is 409 g/mol. The zero-order chi connectivity index (χ0) is 20.7. The molecule has 9 heteroatoms. The van der Waals surface area contributed by atoms with Crippen LogP contribution in [-0.2, 0) is 19.3 Å². The predicted octanol–water partition coefficient (Wildman–Crippen LogP) is 2.87. The first-order valence-corrected chi connectivity index (χ1v) is 10.4. The molecule has 28 heavy (non-hydrogen) atoms. The largest absolute Gasteiger partial charge is 0.488 e. The Morgan fingerprint density at radius 1 is 1.11 bits per heavy atom. The topological polar surface area (TPSA) is 101 Å². The first kappa shape index (κ1) is 21.6. The molecule has 1 unspecified atom stereocenters. The molecule has 0 aliphatic carbocycles. The van der Waals surface area contributed by atoms with Gasteiger partial charge < -0.3 is 18.9 Å². The molecule has 0 spiro atoms. The third-order valence-corrected chi connectivity index (χ3v) is 4.74. The predicted molar refractivity (Wildman–Crippen MR) is 102 cm³/mol. The van der Waals surface area contributed by atoms with Crippen LogP contribution in [0, 0.1) is 0 Å². The Morgan fingerprint density at radius 3 is 2.36 bits per heavy atom. The third-order valence-electron chi connectivity index (χ3n) is 3.74. The van der Waals surface area contributed by atoms with Crippen molar-refractivity contribution in [2.24, 2.45) is 0 Å². The number of methoxy groups -OCH3 is 2. The Bertz CT molecular complexity index is 910. The molecule has 0 saturated heterocycles. The van der Waals surface area contributed by atoms with Crippen LogP contribution in [0.1, 0.15) is 23.7 Å². The molecule has 1 atom stereocenters. The lowest BCUT2D eigenvalue weighted by Crippen LogP contribution is -2.21. The minimum absolute atomic E-state index is 0.0578. The van der Waals surface area contributed by atoms with Gasteiger partial charge >= 0.3 is 5.97 Å². The molecular weight excluding hydrogens is 386 g/mol. The summed E-state index contributed by atoms with van der Waals surface area (Å²) in [6.07, 6.45) is 2.88. The van der Waals surface area contributed by atoms with Gasteiger partial charge in [-0.15, -0.1) is 0 Å². The van der Waals surface area contributed by atoms with E-state index in [0.29, 0.717) is 30.3 Å². The van der Waals surface area contributed by atoms with Crippen LogP contribution in [0.2, 0.25) is 0 Å². The Kier molecular flexibility index (Phi) is 7.36. The second-order valence-electron chi connectivity index (χ2n) is 5.99. The van der Waals surface area contributed by atoms with Gasteiger partial charge in [-0.05, 0) is 30.7 Å². The van der Waals surface area contributed by atoms with Crippen LogP contribution in [0.4, 0.5) is 0 Å². The molecule has 0 bridgehead atoms. The van der Waals surface area contributed by atoms with Crippen LogP contribution in [0.3, 0.4) is 0 Å². The van der Waals surface area contributed by atoms with Crippen molar-refractivity contribution in [3.63, 3.8) is 0 Å². The van der Waals surface area contributed by atoms with E-state index >= 15 is 0 Å². The second-order valence-corrected chi connectivity index (χ2v) is 7.96. The molecular formula is C19H23NO7S. The van der Waals surface area contributed by atoms with Crippen molar-refractivity contribution >= 4 is 15.8 Å². The van der Waals surface area contributed by atoms with Gasteiger partial charge in [-0.1, -0.05) is 6.92 Å². The molecule has 0 N–H and O–H groups in total. The summed E-state index contributed by atoms with van der Waals surface area (Å²) >= 11 is 0. The highest BCUT2D eigenvalue weighted by Crippen LogP contribution is 2.29. The van der Waals surface area contributed by atoms with Gasteiger partial charge in [0.1, 0.15) is 23.4 Å². The number of hydrogen-bond acceptors (Lipinski definition) is 8. The second kappa shape index (κ2) is 9.52. The molecule has 1 aromatic carbocycles. The van der Waals surface area contributed by atoms with Crippen molar-refractivity contribution < 1.29 is 32.2 Å². The number of ether oxygens (including phenoxy) is 4. The SMILES string of the molecule is CCC(COC)Oc1cc(Oc2ccc(S(C)(=O)=O)nc2)cc(C(=O)OC)c1. The van der Waals surface area contributed by atoms with Crippen LogP contribution in [0.5, 0.6) is 17.2 Å². The minimum atomic E-state index is -3.40. The number of nitrogens with zero attached hydrogens (tertiary/aromatic N) is 1. The summed E-state index contributed by atoms with van der Waals surface area (Å²) in [6.45, 7) is 2.35. The number of benzene rings is 1. The van der Waals surface area contributed by atoms with E-state index in [1.807, 2.05) is 6.92 Å². The van der Waals surface area contributed by atoms with Crippen molar-refractivity contribution in [2.45, 2.75) is 24.5 Å². The van der Waals surface area contributed by atoms with Gasteiger partial charge in [-0.3, -0.25) is 0 Å². The van der Waals surface area contributed by atoms with Crippen molar-refractivity contribution in [3.8, 4) is 17.2 Å². The van der Waals surface area contributed by atoms with E-state index in [9.17, 15) is 13.2 Å². The number of sulfone groups is 1. The van der Waals surface area contributed by atoms with Gasteiger partial charge in [0.15, 0.2) is 14.9 Å². The first-order chi connectivity index (χ1) is 13.3. The molecule has 2 rings (SSSR count). The lowest BCUT2D eigenvalue weighted by Gasteiger charge is -2.18. The van der Waals surface area contributed by atoms with Gasteiger partial charge in [0.25, 0.3) is 0 Å². The van der Waals surface area contributed by atoms with Crippen molar-refractivity contribution in [1.82, 2.24) is 4.98 Å². The van der Waals surface area contributed by atoms with E-state index < -0.39 is 15.8 Å². The average Bonchev–Trinajstić information content (AvgIpc) is 2.66. The van der Waals surface area contributed by atoms with Gasteiger partial charge in [0.2, 0.25) is 0 Å². The number of aromatic nitrogens is 1. The number of carbonyl (C=O) groups is 1. The first-order valence-electron chi connectivity index (χ1n) is 8.49. The van der Waals surface area contributed by atoms with Crippen LogP contribution < -0.4 is 9.47 Å². The Hall–Kier alpha value is -2.65. The van der Waals surface area contributed by atoms with Crippen molar-refractivity contribution in [3.05, 3.63) is 42.1 Å². The summed E-state index contributed by atoms with van der Waals surface area (Å²) in [7, 11) is -0.538. The molecule has 2 aromatic rings. The summed E-state index contributed by atoms with van der Waals surface area (Å²) < 4.78 is 44.5. The molecule has 0 fully saturated rings. The number of hydrogen-bond donors (Lipinski definition) is 0. The highest BCUT2D eigenvalue weighted by atomic mass is 32.2. The van der Waals surface area contributed by atoms with E-state index in [0.717, 1.165) is 6.26 Å². The fraction of sp³-hybridized carbons (Fsp3) is 0.368. The van der Waals surface area contributed by atoms with E-state index in [1.54, 1.807) is 19.2 Å². The van der Waals surface area contributed by atoms with Crippen LogP contribution in [0.25, 0.3) is 0 Å². The maximum atomic E-state index is 12.0. The fourth-order valence-electron chi connectivity index (χ4n) is 2.33. The molecule has 1 aromatic heterocycles. The van der Waals surface area contributed by atoms with Crippen LogP contribution in [0.15, 0.2) is 41.6 Å². The molecule has 1 heterocycles. The maximum Gasteiger partial charge on any atom is 0.338 e. The molecule has 0 radical (unpaired) electrons. The number of rotatable bonds is 9. The summed E-state index contributed by atoms with van der Waals surface area (Å²) in [4.78, 5) is 15.8. The summed E-state index contributed by atoms with van der Waals surface area (Å²) in [5.74, 6) is 0.506. The Morgan fingerprint density at radius 2 is 1.82 bits per heavy atom. The Labute approximate surface area is 164 Å². The lowest BCUT2D eigenvalue weighted by atomic mass is 10.2. The van der Waals surface area contributed by atoms with Gasteiger partial charge in [-0.2, -0.15) is 0 Å². The van der Waals surface area contributed by atoms with Crippen molar-refractivity contribution in [2.75, 3.05) is 27.1 Å². The molecule has 8 nitrogen and oxygen atoms in total. The number of carbonyl (C=O) groups excluding carboxylic acids is 1. The normalized spacial score (nSPS) is 12.3. The summed E-state index contributed by atoms with van der Waals surface area (Å²) in [5, 5.41) is -0.0578. The average molecular weight is 409 g/mol. The van der Waals surface area contributed by atoms with Gasteiger partial charge in [-0.25, -0.2) is 18.2 Å². The van der Waals surface area contributed by atoms with E-state index in [4.69, 9.17) is 18.9 Å². The molecule has 0 aliphatic rings. The van der Waals surface area contributed by atoms with Crippen molar-refractivity contribution in [1.29, 1.82) is 0 Å². The van der Waals surface area contributed by atoms with E-state index in [2.05, 4.69) is 4.98 Å². The van der Waals surface area contributed by atoms with Gasteiger partial charge in [0.05, 0.1) is 25.5 Å². The highest BCUT2D eigenvalue weighted by Gasteiger charge is 2.15. The zero-order valence-electron chi connectivity index (χ0n) is 16.2. The third kappa shape index (κ3) is 5.93. The van der Waals surface area contributed by atoms with E-state index in [-0.39, 0.29) is 16.7 Å². The number of esters is 1. The van der Waals surface area contributed by atoms with E-state index in [1.165, 1.54) is 31.5 Å². The lowest BCUT2D eigenvalue weighted by molar-refractivity contribution is 0.0597. The maximum absolute atomic E-state index is 12.0. The standard InChI is InChI=1S/C19H23NO7S/c1-5-14(12-24-2)26-16-8-13(19(21)25-3)9-17(10-16)27-15-6-7-18(20-11-15)28(4,22)23/h6-11,14H,5,12H2,1-4H3. The molecule has 0 aliphatic heterocycles. The summed E-state index contributed by atoms with van der Waals surface area (Å²) in [5.41, 5.74) is 0.253. The quantitative estimate of drug-likeness (QED) is 0.583. The zero-order valence-corrected chi connectivity index (χ0v) is 17.0. The van der Waals surface area contributed by atoms with Crippen LogP contribution >= 0.6 is 0 Å². The van der Waals surface area contributed by atoms with Gasteiger partial charge in [0, 0.05) is 19.4 Å². The van der Waals surface area contributed by atoms with Crippen LogP contribution in [-0.4, -0.2) is 52.6 Å². The number of pyridine rings is 1. The fourth-order valence-corrected chi connectivity index (χ4v) is 2.89. The smallest absolute Gasteiger partial charge is 0.338 e. The minimum Gasteiger partial charge on any atom is -0.488 e. The Balaban J connectivity index is 2.31. The molecule has 0 saturated carbocycles. The molecule has 0 amide bonds. The molecule has 152 valence electrons. The summed E-state index contributed by atoms with van der Waals surface area (Å²) in [6, 6.07) is 7.50.